The summed E-state index contributed by atoms with van der Waals surface area (Å²) >= 11 is 0. The van der Waals surface area contributed by atoms with E-state index >= 15 is 0 Å². The van der Waals surface area contributed by atoms with Crippen molar-refractivity contribution < 1.29 is 18.9 Å². The SMILES string of the molecule is COc1cc2c(cc1OC)-c1c(OC)ccc3c1OC(C2)N(C)CC3. The normalized spacial score (nSPS) is 18.5. The van der Waals surface area contributed by atoms with Crippen molar-refractivity contribution in [2.24, 2.45) is 0 Å². The number of fused-ring (bicyclic) bond motifs is 3. The second-order valence-corrected chi connectivity index (χ2v) is 6.50. The van der Waals surface area contributed by atoms with Gasteiger partial charge in [-0.2, -0.15) is 0 Å². The summed E-state index contributed by atoms with van der Waals surface area (Å²) in [4.78, 5) is 2.27. The number of nitrogens with zero attached hydrogens (tertiary/aromatic N) is 1. The molecule has 2 aromatic carbocycles. The number of ether oxygens (including phenoxy) is 4. The van der Waals surface area contributed by atoms with Crippen LogP contribution in [0.4, 0.5) is 0 Å². The third-order valence-corrected chi connectivity index (χ3v) is 5.17. The zero-order valence-electron chi connectivity index (χ0n) is 15.1. The van der Waals surface area contributed by atoms with Crippen molar-refractivity contribution in [3.05, 3.63) is 35.4 Å². The second-order valence-electron chi connectivity index (χ2n) is 6.50. The Morgan fingerprint density at radius 2 is 1.68 bits per heavy atom. The van der Waals surface area contributed by atoms with Crippen molar-refractivity contribution in [1.82, 2.24) is 4.90 Å². The Morgan fingerprint density at radius 1 is 0.960 bits per heavy atom. The van der Waals surface area contributed by atoms with Crippen molar-refractivity contribution >= 4 is 0 Å². The molecule has 0 fully saturated rings. The van der Waals surface area contributed by atoms with Crippen LogP contribution in [0.15, 0.2) is 24.3 Å². The molecule has 2 bridgehead atoms. The molecule has 4 rings (SSSR count). The van der Waals surface area contributed by atoms with Gasteiger partial charge in [0.2, 0.25) is 0 Å². The van der Waals surface area contributed by atoms with Crippen LogP contribution in [0.1, 0.15) is 11.1 Å². The summed E-state index contributed by atoms with van der Waals surface area (Å²) in [6.07, 6.45) is 1.73. The zero-order chi connectivity index (χ0) is 17.6. The van der Waals surface area contributed by atoms with Crippen molar-refractivity contribution in [2.75, 3.05) is 34.9 Å². The first-order chi connectivity index (χ1) is 12.2. The minimum absolute atomic E-state index is 0.00791. The lowest BCUT2D eigenvalue weighted by Gasteiger charge is -2.25. The Morgan fingerprint density at radius 3 is 2.40 bits per heavy atom. The van der Waals surface area contributed by atoms with E-state index in [9.17, 15) is 0 Å². The summed E-state index contributed by atoms with van der Waals surface area (Å²) in [5.74, 6) is 3.19. The van der Waals surface area contributed by atoms with Crippen LogP contribution in [0.25, 0.3) is 11.1 Å². The van der Waals surface area contributed by atoms with E-state index in [0.29, 0.717) is 5.75 Å². The van der Waals surface area contributed by atoms with E-state index in [1.54, 1.807) is 21.3 Å². The van der Waals surface area contributed by atoms with Gasteiger partial charge in [0.05, 0.1) is 26.9 Å². The van der Waals surface area contributed by atoms with Gasteiger partial charge in [-0.25, -0.2) is 0 Å². The van der Waals surface area contributed by atoms with Gasteiger partial charge in [0.25, 0.3) is 0 Å². The van der Waals surface area contributed by atoms with Gasteiger partial charge in [-0.15, -0.1) is 0 Å². The van der Waals surface area contributed by atoms with Gasteiger partial charge < -0.3 is 18.9 Å². The lowest BCUT2D eigenvalue weighted by Crippen LogP contribution is -2.37. The Kier molecular flexibility index (Phi) is 3.96. The molecule has 0 saturated carbocycles. The maximum absolute atomic E-state index is 6.45. The van der Waals surface area contributed by atoms with Gasteiger partial charge in [-0.3, -0.25) is 4.90 Å². The molecule has 1 unspecified atom stereocenters. The molecule has 0 aliphatic carbocycles. The molecule has 2 aromatic rings. The Labute approximate surface area is 148 Å². The van der Waals surface area contributed by atoms with Crippen LogP contribution in [0.2, 0.25) is 0 Å². The molecular formula is C20H23NO4. The molecule has 0 N–H and O–H groups in total. The first kappa shape index (κ1) is 16.1. The molecule has 0 amide bonds. The van der Waals surface area contributed by atoms with Crippen LogP contribution in [-0.4, -0.2) is 46.0 Å². The molecule has 5 heteroatoms. The fourth-order valence-electron chi connectivity index (χ4n) is 3.74. The maximum Gasteiger partial charge on any atom is 0.161 e. The summed E-state index contributed by atoms with van der Waals surface area (Å²) in [6.45, 7) is 0.964. The van der Waals surface area contributed by atoms with E-state index in [1.165, 1.54) is 11.1 Å². The number of benzene rings is 2. The largest absolute Gasteiger partial charge is 0.496 e. The molecule has 5 nitrogen and oxygen atoms in total. The Balaban J connectivity index is 2.04. The summed E-state index contributed by atoms with van der Waals surface area (Å²) in [5, 5.41) is 0. The summed E-state index contributed by atoms with van der Waals surface area (Å²) < 4.78 is 23.2. The third kappa shape index (κ3) is 2.50. The molecule has 1 atom stereocenters. The monoisotopic (exact) mass is 341 g/mol. The fraction of sp³-hybridized carbons (Fsp3) is 0.400. The highest BCUT2D eigenvalue weighted by Crippen LogP contribution is 2.49. The third-order valence-electron chi connectivity index (χ3n) is 5.17. The van der Waals surface area contributed by atoms with Gasteiger partial charge in [0, 0.05) is 13.0 Å². The molecule has 0 aromatic heterocycles. The number of rotatable bonds is 3. The highest BCUT2D eigenvalue weighted by molar-refractivity contribution is 5.83. The highest BCUT2D eigenvalue weighted by atomic mass is 16.5. The summed E-state index contributed by atoms with van der Waals surface area (Å²) in [6, 6.07) is 8.23. The zero-order valence-corrected chi connectivity index (χ0v) is 15.1. The predicted molar refractivity (Wildman–Crippen MR) is 96.0 cm³/mol. The van der Waals surface area contributed by atoms with Crippen LogP contribution in [0.5, 0.6) is 23.0 Å². The Bertz CT molecular complexity index is 818. The molecule has 2 heterocycles. The van der Waals surface area contributed by atoms with Crippen molar-refractivity contribution in [1.29, 1.82) is 0 Å². The molecule has 2 aliphatic heterocycles. The minimum Gasteiger partial charge on any atom is -0.496 e. The average Bonchev–Trinajstić information content (AvgIpc) is 2.90. The maximum atomic E-state index is 6.45. The molecule has 132 valence electrons. The second kappa shape index (κ2) is 6.15. The Hall–Kier alpha value is -2.40. The van der Waals surface area contributed by atoms with Crippen LogP contribution in [0.3, 0.4) is 0 Å². The summed E-state index contributed by atoms with van der Waals surface area (Å²) in [7, 11) is 7.13. The minimum atomic E-state index is -0.00791. The number of hydrogen-bond acceptors (Lipinski definition) is 5. The van der Waals surface area contributed by atoms with Gasteiger partial charge in [0.1, 0.15) is 11.5 Å². The van der Waals surface area contributed by atoms with Crippen LogP contribution in [0, 0.1) is 0 Å². The smallest absolute Gasteiger partial charge is 0.161 e. The molecule has 25 heavy (non-hydrogen) atoms. The fourth-order valence-corrected chi connectivity index (χ4v) is 3.74. The standard InChI is InChI=1S/C20H23NO4/c1-21-8-7-12-5-6-15(22-2)19-14-11-17(24-4)16(23-3)9-13(14)10-18(21)25-20(12)19/h5-6,9,11,18H,7-8,10H2,1-4H3. The number of hydrogen-bond donors (Lipinski definition) is 0. The molecular weight excluding hydrogens is 318 g/mol. The first-order valence-corrected chi connectivity index (χ1v) is 8.48. The number of methoxy groups -OCH3 is 3. The van der Waals surface area contributed by atoms with Crippen LogP contribution < -0.4 is 18.9 Å². The average molecular weight is 341 g/mol. The van der Waals surface area contributed by atoms with E-state index < -0.39 is 0 Å². The van der Waals surface area contributed by atoms with Crippen molar-refractivity contribution in [3.63, 3.8) is 0 Å². The molecule has 2 aliphatic rings. The van der Waals surface area contributed by atoms with E-state index in [0.717, 1.165) is 47.8 Å². The van der Waals surface area contributed by atoms with Gasteiger partial charge in [0.15, 0.2) is 17.7 Å². The lowest BCUT2D eigenvalue weighted by molar-refractivity contribution is 0.0563. The topological polar surface area (TPSA) is 40.2 Å². The predicted octanol–water partition coefficient (Wildman–Crippen LogP) is 3.13. The molecule has 0 saturated heterocycles. The first-order valence-electron chi connectivity index (χ1n) is 8.48. The van der Waals surface area contributed by atoms with E-state index in [-0.39, 0.29) is 6.23 Å². The summed E-state index contributed by atoms with van der Waals surface area (Å²) in [5.41, 5.74) is 4.48. The van der Waals surface area contributed by atoms with Gasteiger partial charge in [-0.1, -0.05) is 6.07 Å². The van der Waals surface area contributed by atoms with E-state index in [1.807, 2.05) is 12.1 Å². The van der Waals surface area contributed by atoms with Gasteiger partial charge >= 0.3 is 0 Å². The lowest BCUT2D eigenvalue weighted by atomic mass is 9.93. The molecule has 0 radical (unpaired) electrons. The van der Waals surface area contributed by atoms with Crippen molar-refractivity contribution in [2.45, 2.75) is 19.1 Å². The highest BCUT2D eigenvalue weighted by Gasteiger charge is 2.32. The van der Waals surface area contributed by atoms with Crippen molar-refractivity contribution in [3.8, 4) is 34.1 Å². The van der Waals surface area contributed by atoms with E-state index in [4.69, 9.17) is 18.9 Å². The van der Waals surface area contributed by atoms with Gasteiger partial charge in [-0.05, 0) is 48.4 Å². The quantitative estimate of drug-likeness (QED) is 0.858. The molecule has 0 spiro atoms. The van der Waals surface area contributed by atoms with Crippen LogP contribution >= 0.6 is 0 Å². The van der Waals surface area contributed by atoms with Crippen LogP contribution in [-0.2, 0) is 12.8 Å². The van der Waals surface area contributed by atoms with E-state index in [2.05, 4.69) is 24.1 Å². The number of likely N-dealkylation sites (N-methyl/N-ethyl adjacent to an activating group) is 1.